The Balaban J connectivity index is 1.57. The molecular weight excluding hydrogens is 456 g/mol. The third-order valence-corrected chi connectivity index (χ3v) is 5.61. The van der Waals surface area contributed by atoms with E-state index in [2.05, 4.69) is 5.32 Å². The van der Waals surface area contributed by atoms with E-state index in [9.17, 15) is 18.4 Å². The molecule has 1 N–H and O–H groups in total. The topological polar surface area (TPSA) is 74.5 Å². The first-order valence-corrected chi connectivity index (χ1v) is 11.0. The largest absolute Gasteiger partial charge is 0.490 e. The molecule has 0 fully saturated rings. The Morgan fingerprint density at radius 1 is 1.06 bits per heavy atom. The van der Waals surface area contributed by atoms with Gasteiger partial charge in [0, 0.05) is 23.7 Å². The predicted octanol–water partition coefficient (Wildman–Crippen LogP) is 4.65. The maximum absolute atomic E-state index is 13.6. The molecule has 1 aliphatic heterocycles. The van der Waals surface area contributed by atoms with Gasteiger partial charge in [-0.3, -0.25) is 9.59 Å². The fraction of sp³-hybridized carbons (Fsp3) is 0.154. The van der Waals surface area contributed by atoms with E-state index in [0.717, 1.165) is 17.7 Å². The number of hydrogen-bond donors (Lipinski definition) is 1. The number of nitrogens with zero attached hydrogens (tertiary/aromatic N) is 2. The molecule has 1 amide bonds. The molecule has 7 nitrogen and oxygen atoms in total. The average molecular weight is 477 g/mol. The van der Waals surface area contributed by atoms with Gasteiger partial charge in [0.05, 0.1) is 17.9 Å². The number of carbonyl (C=O) groups excluding carboxylic acids is 1. The molecule has 0 saturated heterocycles. The highest BCUT2D eigenvalue weighted by molar-refractivity contribution is 5.90. The predicted molar refractivity (Wildman–Crippen MR) is 126 cm³/mol. The summed E-state index contributed by atoms with van der Waals surface area (Å²) in [6.07, 6.45) is 0.301. The summed E-state index contributed by atoms with van der Waals surface area (Å²) in [6, 6.07) is 17.4. The molecule has 0 aliphatic carbocycles. The molecular formula is C26H21F2N3O4. The van der Waals surface area contributed by atoms with Crippen molar-refractivity contribution < 1.29 is 23.0 Å². The van der Waals surface area contributed by atoms with Crippen molar-refractivity contribution >= 4 is 11.6 Å². The number of fused-ring (bicyclic) bond motifs is 2. The molecule has 178 valence electrons. The van der Waals surface area contributed by atoms with Gasteiger partial charge in [-0.1, -0.05) is 30.3 Å². The Morgan fingerprint density at radius 3 is 2.60 bits per heavy atom. The Labute approximate surface area is 199 Å². The van der Waals surface area contributed by atoms with Crippen LogP contribution in [-0.4, -0.2) is 21.9 Å². The highest BCUT2D eigenvalue weighted by Crippen LogP contribution is 2.42. The van der Waals surface area contributed by atoms with Crippen LogP contribution in [0, 0.1) is 11.6 Å². The van der Waals surface area contributed by atoms with E-state index < -0.39 is 17.5 Å². The van der Waals surface area contributed by atoms with Crippen LogP contribution in [0.4, 0.5) is 14.5 Å². The van der Waals surface area contributed by atoms with Crippen LogP contribution in [0.15, 0.2) is 71.5 Å². The van der Waals surface area contributed by atoms with Crippen LogP contribution in [0.3, 0.4) is 0 Å². The highest BCUT2D eigenvalue weighted by atomic mass is 19.2. The van der Waals surface area contributed by atoms with E-state index in [1.54, 1.807) is 30.3 Å². The molecule has 0 spiro atoms. The van der Waals surface area contributed by atoms with E-state index in [-0.39, 0.29) is 23.7 Å². The normalized spacial score (nSPS) is 11.9. The number of benzene rings is 3. The summed E-state index contributed by atoms with van der Waals surface area (Å²) >= 11 is 0. The minimum Gasteiger partial charge on any atom is -0.490 e. The zero-order chi connectivity index (χ0) is 24.5. The van der Waals surface area contributed by atoms with Gasteiger partial charge in [0.25, 0.3) is 5.56 Å². The van der Waals surface area contributed by atoms with Crippen molar-refractivity contribution in [2.24, 2.45) is 0 Å². The number of rotatable bonds is 6. The molecule has 0 atom stereocenters. The number of para-hydroxylation sites is 2. The molecule has 0 unspecified atom stereocenters. The Hall–Kier alpha value is -4.40. The summed E-state index contributed by atoms with van der Waals surface area (Å²) in [4.78, 5) is 26.4. The Bertz CT molecular complexity index is 1480. The minimum atomic E-state index is -1.08. The third-order valence-electron chi connectivity index (χ3n) is 5.61. The van der Waals surface area contributed by atoms with Gasteiger partial charge >= 0.3 is 0 Å². The van der Waals surface area contributed by atoms with Crippen LogP contribution in [0.5, 0.6) is 17.4 Å². The second-order valence-electron chi connectivity index (χ2n) is 7.93. The van der Waals surface area contributed by atoms with Gasteiger partial charge in [-0.05, 0) is 37.3 Å². The molecule has 0 bridgehead atoms. The molecule has 35 heavy (non-hydrogen) atoms. The maximum Gasteiger partial charge on any atom is 0.278 e. The van der Waals surface area contributed by atoms with Gasteiger partial charge in [0.1, 0.15) is 6.54 Å². The van der Waals surface area contributed by atoms with Crippen molar-refractivity contribution in [2.75, 3.05) is 11.9 Å². The minimum absolute atomic E-state index is 0.0911. The van der Waals surface area contributed by atoms with Crippen molar-refractivity contribution in [1.82, 2.24) is 9.36 Å². The number of nitrogens with one attached hydrogen (secondary N) is 1. The lowest BCUT2D eigenvalue weighted by Gasteiger charge is -2.21. The smallest absolute Gasteiger partial charge is 0.278 e. The van der Waals surface area contributed by atoms with E-state index in [4.69, 9.17) is 9.47 Å². The Morgan fingerprint density at radius 2 is 1.86 bits per heavy atom. The van der Waals surface area contributed by atoms with Gasteiger partial charge in [-0.25, -0.2) is 18.1 Å². The third kappa shape index (κ3) is 4.16. The number of amides is 1. The number of carbonyl (C=O) groups is 1. The molecule has 4 aromatic rings. The molecule has 3 aromatic carbocycles. The summed E-state index contributed by atoms with van der Waals surface area (Å²) in [5.41, 5.74) is 1.51. The molecule has 1 aromatic heterocycles. The molecule has 9 heteroatoms. The molecule has 5 rings (SSSR count). The lowest BCUT2D eigenvalue weighted by atomic mass is 10.0. The summed E-state index contributed by atoms with van der Waals surface area (Å²) in [5.74, 6) is -1.40. The lowest BCUT2D eigenvalue weighted by molar-refractivity contribution is -0.117. The average Bonchev–Trinajstić information content (AvgIpc) is 3.11. The second kappa shape index (κ2) is 9.09. The summed E-state index contributed by atoms with van der Waals surface area (Å²) in [5, 5.41) is 2.54. The highest BCUT2D eigenvalue weighted by Gasteiger charge is 2.30. The Kier molecular flexibility index (Phi) is 5.82. The van der Waals surface area contributed by atoms with Crippen LogP contribution in [0.25, 0.3) is 5.69 Å². The molecule has 1 aliphatic rings. The summed E-state index contributed by atoms with van der Waals surface area (Å²) < 4.78 is 41.6. The fourth-order valence-electron chi connectivity index (χ4n) is 4.09. The van der Waals surface area contributed by atoms with Gasteiger partial charge in [0.15, 0.2) is 23.1 Å². The number of halogens is 2. The van der Waals surface area contributed by atoms with Crippen molar-refractivity contribution in [3.05, 3.63) is 99.8 Å². The van der Waals surface area contributed by atoms with Crippen LogP contribution in [-0.2, 0) is 17.8 Å². The standard InChI is InChI=1S/C26H21F2N3O4/c1-2-34-22-10-6-7-16-13-19-25(33)31(18-8-4-3-5-9-18)30(26(19)35-24(16)22)15-23(32)29-17-11-12-20(27)21(28)14-17/h3-12,14H,2,13,15H2,1H3,(H,29,32). The van der Waals surface area contributed by atoms with Crippen molar-refractivity contribution in [1.29, 1.82) is 0 Å². The first kappa shape index (κ1) is 22.4. The van der Waals surface area contributed by atoms with Gasteiger partial charge in [-0.2, -0.15) is 0 Å². The monoisotopic (exact) mass is 477 g/mol. The first-order valence-electron chi connectivity index (χ1n) is 11.0. The van der Waals surface area contributed by atoms with Crippen molar-refractivity contribution in [2.45, 2.75) is 19.9 Å². The SMILES string of the molecule is CCOc1cccc2c1Oc1c(c(=O)n(-c3ccccc3)n1CC(=O)Nc1ccc(F)c(F)c1)C2. The van der Waals surface area contributed by atoms with E-state index in [1.165, 1.54) is 15.4 Å². The van der Waals surface area contributed by atoms with E-state index in [0.29, 0.717) is 35.8 Å². The van der Waals surface area contributed by atoms with E-state index in [1.807, 2.05) is 25.1 Å². The van der Waals surface area contributed by atoms with E-state index >= 15 is 0 Å². The summed E-state index contributed by atoms with van der Waals surface area (Å²) in [6.45, 7) is 1.98. The van der Waals surface area contributed by atoms with Gasteiger partial charge in [0.2, 0.25) is 11.8 Å². The lowest BCUT2D eigenvalue weighted by Crippen LogP contribution is -2.27. The van der Waals surface area contributed by atoms with Gasteiger partial charge < -0.3 is 14.8 Å². The quantitative estimate of drug-likeness (QED) is 0.386. The zero-order valence-electron chi connectivity index (χ0n) is 18.8. The first-order chi connectivity index (χ1) is 17.0. The molecule has 0 saturated carbocycles. The number of hydrogen-bond acceptors (Lipinski definition) is 4. The van der Waals surface area contributed by atoms with Crippen LogP contribution >= 0.6 is 0 Å². The molecule has 2 heterocycles. The van der Waals surface area contributed by atoms with Crippen LogP contribution in [0.2, 0.25) is 0 Å². The molecule has 0 radical (unpaired) electrons. The number of ether oxygens (including phenoxy) is 2. The zero-order valence-corrected chi connectivity index (χ0v) is 18.8. The van der Waals surface area contributed by atoms with Crippen molar-refractivity contribution in [3.63, 3.8) is 0 Å². The number of aromatic nitrogens is 2. The number of anilines is 1. The van der Waals surface area contributed by atoms with Gasteiger partial charge in [-0.15, -0.1) is 0 Å². The summed E-state index contributed by atoms with van der Waals surface area (Å²) in [7, 11) is 0. The van der Waals surface area contributed by atoms with Crippen LogP contribution < -0.4 is 20.3 Å². The second-order valence-corrected chi connectivity index (χ2v) is 7.93. The van der Waals surface area contributed by atoms with Crippen molar-refractivity contribution in [3.8, 4) is 23.1 Å². The van der Waals surface area contributed by atoms with Crippen LogP contribution in [0.1, 0.15) is 18.1 Å². The fourth-order valence-corrected chi connectivity index (χ4v) is 4.09. The maximum atomic E-state index is 13.6.